The van der Waals surface area contributed by atoms with Crippen molar-refractivity contribution in [2.75, 3.05) is 13.7 Å². The van der Waals surface area contributed by atoms with Gasteiger partial charge in [-0.2, -0.15) is 0 Å². The molecule has 0 aliphatic rings. The van der Waals surface area contributed by atoms with Gasteiger partial charge in [0.05, 0.1) is 12.8 Å². The van der Waals surface area contributed by atoms with Crippen LogP contribution >= 0.6 is 0 Å². The van der Waals surface area contributed by atoms with Crippen molar-refractivity contribution < 1.29 is 18.7 Å². The van der Waals surface area contributed by atoms with Crippen LogP contribution in [0.3, 0.4) is 0 Å². The Balaban J connectivity index is 1.94. The number of carbonyl (C=O) groups excluding carboxylic acids is 2. The summed E-state index contributed by atoms with van der Waals surface area (Å²) in [5.74, 6) is 0.129. The number of hydrogen-bond acceptors (Lipinski definition) is 5. The maximum absolute atomic E-state index is 12.1. The second-order valence-corrected chi connectivity index (χ2v) is 6.16. The zero-order chi connectivity index (χ0) is 18.4. The predicted molar refractivity (Wildman–Crippen MR) is 92.6 cm³/mol. The third kappa shape index (κ3) is 4.90. The van der Waals surface area contributed by atoms with Crippen LogP contribution in [0.15, 0.2) is 34.9 Å². The van der Waals surface area contributed by atoms with Crippen molar-refractivity contribution in [2.24, 2.45) is 5.73 Å². The van der Waals surface area contributed by atoms with Crippen molar-refractivity contribution in [3.63, 3.8) is 0 Å². The summed E-state index contributed by atoms with van der Waals surface area (Å²) < 4.78 is 10.6. The van der Waals surface area contributed by atoms with Crippen molar-refractivity contribution in [1.82, 2.24) is 10.3 Å². The van der Waals surface area contributed by atoms with Gasteiger partial charge in [-0.1, -0.05) is 29.8 Å². The van der Waals surface area contributed by atoms with Crippen LogP contribution in [0.1, 0.15) is 24.8 Å². The Bertz CT molecular complexity index is 739. The molecule has 0 spiro atoms. The summed E-state index contributed by atoms with van der Waals surface area (Å²) in [7, 11) is 1.44. The van der Waals surface area contributed by atoms with Crippen molar-refractivity contribution in [1.29, 1.82) is 0 Å². The predicted octanol–water partition coefficient (Wildman–Crippen LogP) is 1.59. The maximum Gasteiger partial charge on any atom is 0.245 e. The van der Waals surface area contributed by atoms with Crippen molar-refractivity contribution in [3.05, 3.63) is 41.9 Å². The lowest BCUT2D eigenvalue weighted by Crippen LogP contribution is -2.58. The van der Waals surface area contributed by atoms with E-state index in [2.05, 4.69) is 10.3 Å². The van der Waals surface area contributed by atoms with Crippen molar-refractivity contribution >= 4 is 11.8 Å². The number of hydrogen-bond donors (Lipinski definition) is 2. The van der Waals surface area contributed by atoms with Crippen LogP contribution in [0.5, 0.6) is 0 Å². The number of methoxy groups -OCH3 is 1. The minimum absolute atomic E-state index is 0.00461. The number of aryl methyl sites for hydroxylation is 2. The summed E-state index contributed by atoms with van der Waals surface area (Å²) in [6.07, 6.45) is 2.08. The van der Waals surface area contributed by atoms with Crippen molar-refractivity contribution in [3.8, 4) is 11.3 Å². The highest BCUT2D eigenvalue weighted by molar-refractivity contribution is 5.90. The molecule has 3 N–H and O–H groups in total. The minimum Gasteiger partial charge on any atom is -0.441 e. The van der Waals surface area contributed by atoms with Crippen molar-refractivity contribution in [2.45, 2.75) is 32.2 Å². The van der Waals surface area contributed by atoms with E-state index in [-0.39, 0.29) is 18.9 Å². The fraction of sp³-hybridized carbons (Fsp3) is 0.389. The lowest BCUT2D eigenvalue weighted by Gasteiger charge is -2.26. The second kappa shape index (κ2) is 7.94. The van der Waals surface area contributed by atoms with Crippen LogP contribution in [0.2, 0.25) is 0 Å². The molecule has 0 saturated heterocycles. The molecule has 7 nitrogen and oxygen atoms in total. The van der Waals surface area contributed by atoms with Gasteiger partial charge in [-0.15, -0.1) is 0 Å². The molecule has 1 atom stereocenters. The van der Waals surface area contributed by atoms with Gasteiger partial charge >= 0.3 is 0 Å². The van der Waals surface area contributed by atoms with Crippen LogP contribution < -0.4 is 11.1 Å². The maximum atomic E-state index is 12.1. The number of ether oxygens (including phenoxy) is 1. The molecule has 0 aliphatic carbocycles. The van der Waals surface area contributed by atoms with E-state index in [9.17, 15) is 9.59 Å². The first-order valence-corrected chi connectivity index (χ1v) is 7.95. The van der Waals surface area contributed by atoms with Crippen LogP contribution in [0.4, 0.5) is 0 Å². The Morgan fingerprint density at radius 1 is 1.32 bits per heavy atom. The lowest BCUT2D eigenvalue weighted by atomic mass is 10.0. The van der Waals surface area contributed by atoms with Crippen LogP contribution in [-0.2, 0) is 20.7 Å². The number of primary amides is 1. The first-order valence-electron chi connectivity index (χ1n) is 7.95. The molecule has 1 heterocycles. The van der Waals surface area contributed by atoms with Gasteiger partial charge in [0.1, 0.15) is 5.54 Å². The number of nitrogens with two attached hydrogens (primary N) is 1. The molecular weight excluding hydrogens is 322 g/mol. The first-order chi connectivity index (χ1) is 11.8. The number of aromatic nitrogens is 1. The molecular formula is C18H23N3O4. The number of nitrogens with zero attached hydrogens (tertiary/aromatic N) is 1. The lowest BCUT2D eigenvalue weighted by molar-refractivity contribution is -0.133. The molecule has 25 heavy (non-hydrogen) atoms. The average Bonchev–Trinajstić information content (AvgIpc) is 3.02. The molecule has 0 aliphatic heterocycles. The average molecular weight is 345 g/mol. The number of oxazole rings is 1. The third-order valence-corrected chi connectivity index (χ3v) is 3.85. The summed E-state index contributed by atoms with van der Waals surface area (Å²) in [6, 6.07) is 7.89. The molecule has 7 heteroatoms. The summed E-state index contributed by atoms with van der Waals surface area (Å²) in [4.78, 5) is 27.8. The molecule has 134 valence electrons. The fourth-order valence-electron chi connectivity index (χ4n) is 2.33. The molecule has 2 rings (SSSR count). The zero-order valence-electron chi connectivity index (χ0n) is 14.7. The highest BCUT2D eigenvalue weighted by atomic mass is 16.5. The smallest absolute Gasteiger partial charge is 0.245 e. The highest BCUT2D eigenvalue weighted by Gasteiger charge is 2.32. The number of carbonyl (C=O) groups is 2. The normalized spacial score (nSPS) is 13.2. The Labute approximate surface area is 146 Å². The highest BCUT2D eigenvalue weighted by Crippen LogP contribution is 2.21. The Kier molecular flexibility index (Phi) is 5.93. The van der Waals surface area contributed by atoms with E-state index in [1.54, 1.807) is 6.20 Å². The third-order valence-electron chi connectivity index (χ3n) is 3.85. The minimum atomic E-state index is -1.24. The van der Waals surface area contributed by atoms with Gasteiger partial charge in [-0.25, -0.2) is 4.98 Å². The van der Waals surface area contributed by atoms with Gasteiger partial charge in [0.15, 0.2) is 11.7 Å². The molecule has 0 radical (unpaired) electrons. The first kappa shape index (κ1) is 18.7. The standard InChI is InChI=1S/C18H23N3O4/c1-12-4-6-13(7-5-12)14-10-20-16(25-14)9-8-15(22)21-18(2,11-24-3)17(19)23/h4-7,10H,8-9,11H2,1-3H3,(H2,19,23)(H,21,22)/t18-/m0/s1. The fourth-order valence-corrected chi connectivity index (χ4v) is 2.33. The molecule has 0 unspecified atom stereocenters. The second-order valence-electron chi connectivity index (χ2n) is 6.16. The largest absolute Gasteiger partial charge is 0.441 e. The van der Waals surface area contributed by atoms with Gasteiger partial charge in [0, 0.05) is 25.5 Å². The Morgan fingerprint density at radius 2 is 2.00 bits per heavy atom. The quantitative estimate of drug-likeness (QED) is 0.755. The van der Waals surface area contributed by atoms with Gasteiger partial charge in [-0.05, 0) is 13.8 Å². The van der Waals surface area contributed by atoms with E-state index in [0.29, 0.717) is 18.1 Å². The SMILES string of the molecule is COC[C@](C)(NC(=O)CCc1ncc(-c2ccc(C)cc2)o1)C(N)=O. The summed E-state index contributed by atoms with van der Waals surface area (Å²) >= 11 is 0. The van der Waals surface area contributed by atoms with E-state index in [1.807, 2.05) is 31.2 Å². The zero-order valence-corrected chi connectivity index (χ0v) is 14.7. The van der Waals surface area contributed by atoms with E-state index < -0.39 is 11.4 Å². The van der Waals surface area contributed by atoms with Crippen LogP contribution in [0.25, 0.3) is 11.3 Å². The molecule has 0 bridgehead atoms. The Morgan fingerprint density at radius 3 is 2.60 bits per heavy atom. The van der Waals surface area contributed by atoms with Gasteiger partial charge in [-0.3, -0.25) is 9.59 Å². The molecule has 2 amide bonds. The summed E-state index contributed by atoms with van der Waals surface area (Å²) in [5, 5.41) is 2.60. The van der Waals surface area contributed by atoms with Gasteiger partial charge in [0.2, 0.25) is 11.8 Å². The summed E-state index contributed by atoms with van der Waals surface area (Å²) in [6.45, 7) is 3.54. The van der Waals surface area contributed by atoms with Gasteiger partial charge in [0.25, 0.3) is 0 Å². The van der Waals surface area contributed by atoms with Crippen LogP contribution in [-0.4, -0.2) is 36.1 Å². The van der Waals surface area contributed by atoms with E-state index in [0.717, 1.165) is 11.1 Å². The van der Waals surface area contributed by atoms with Gasteiger partial charge < -0.3 is 20.2 Å². The summed E-state index contributed by atoms with van der Waals surface area (Å²) in [5.41, 5.74) is 6.17. The number of amides is 2. The number of rotatable bonds is 8. The number of benzene rings is 1. The Hall–Kier alpha value is -2.67. The molecule has 1 aromatic heterocycles. The van der Waals surface area contributed by atoms with E-state index in [4.69, 9.17) is 14.9 Å². The molecule has 1 aromatic carbocycles. The topological polar surface area (TPSA) is 107 Å². The molecule has 2 aromatic rings. The monoisotopic (exact) mass is 345 g/mol. The molecule has 0 fully saturated rings. The molecule has 0 saturated carbocycles. The van der Waals surface area contributed by atoms with Crippen LogP contribution in [0, 0.1) is 6.92 Å². The number of nitrogens with one attached hydrogen (secondary N) is 1. The van der Waals surface area contributed by atoms with E-state index >= 15 is 0 Å². The van der Waals surface area contributed by atoms with E-state index in [1.165, 1.54) is 14.0 Å².